The molecule has 2 atom stereocenters. The van der Waals surface area contributed by atoms with E-state index in [4.69, 9.17) is 4.74 Å². The molecule has 3 heteroatoms. The van der Waals surface area contributed by atoms with Gasteiger partial charge in [0.05, 0.1) is 6.10 Å². The Kier molecular flexibility index (Phi) is 9.27. The lowest BCUT2D eigenvalue weighted by atomic mass is 9.73. The molecule has 0 aromatic heterocycles. The van der Waals surface area contributed by atoms with E-state index in [-0.39, 0.29) is 11.7 Å². The highest BCUT2D eigenvalue weighted by Gasteiger charge is 2.32. The first-order valence-corrected chi connectivity index (χ1v) is 12.2. The van der Waals surface area contributed by atoms with Crippen molar-refractivity contribution in [3.63, 3.8) is 0 Å². The van der Waals surface area contributed by atoms with Crippen molar-refractivity contribution in [3.05, 3.63) is 11.9 Å². The van der Waals surface area contributed by atoms with Crippen molar-refractivity contribution >= 4 is 0 Å². The third kappa shape index (κ3) is 6.54. The maximum atomic E-state index is 13.8. The monoisotopic (exact) mass is 396 g/mol. The summed E-state index contributed by atoms with van der Waals surface area (Å²) in [5.41, 5.74) is 0. The summed E-state index contributed by atoms with van der Waals surface area (Å²) < 4.78 is 32.3. The number of halogens is 2. The third-order valence-corrected chi connectivity index (χ3v) is 8.01. The van der Waals surface area contributed by atoms with E-state index in [1.165, 1.54) is 64.2 Å². The van der Waals surface area contributed by atoms with Crippen LogP contribution in [0.1, 0.15) is 96.8 Å². The van der Waals surface area contributed by atoms with Gasteiger partial charge in [-0.05, 0) is 87.5 Å². The smallest absolute Gasteiger partial charge is 0.110 e. The van der Waals surface area contributed by atoms with Crippen LogP contribution in [0, 0.1) is 29.6 Å². The van der Waals surface area contributed by atoms with E-state index in [0.717, 1.165) is 62.0 Å². The second-order valence-corrected chi connectivity index (χ2v) is 9.92. The van der Waals surface area contributed by atoms with Gasteiger partial charge in [0, 0.05) is 12.5 Å². The number of allylic oxidation sites excluding steroid dienone is 2. The van der Waals surface area contributed by atoms with Crippen molar-refractivity contribution < 1.29 is 13.5 Å². The quantitative estimate of drug-likeness (QED) is 0.407. The molecule has 0 amide bonds. The molecule has 0 bridgehead atoms. The highest BCUT2D eigenvalue weighted by atomic mass is 19.1. The molecule has 2 aliphatic carbocycles. The first kappa shape index (κ1) is 22.2. The van der Waals surface area contributed by atoms with Crippen LogP contribution >= 0.6 is 0 Å². The number of ether oxygens (including phenoxy) is 1. The molecule has 1 saturated heterocycles. The molecule has 0 spiro atoms. The molecule has 0 aromatic rings. The average molecular weight is 397 g/mol. The van der Waals surface area contributed by atoms with Gasteiger partial charge in [0.1, 0.15) is 12.5 Å². The molecule has 162 valence electrons. The fraction of sp³-hybridized carbons (Fsp3) is 0.920. The minimum atomic E-state index is -0.667. The summed E-state index contributed by atoms with van der Waals surface area (Å²) in [5, 5.41) is 0. The third-order valence-electron chi connectivity index (χ3n) is 8.01. The summed E-state index contributed by atoms with van der Waals surface area (Å²) in [7, 11) is 0. The Labute approximate surface area is 171 Å². The van der Waals surface area contributed by atoms with Crippen LogP contribution in [0.15, 0.2) is 11.9 Å². The Morgan fingerprint density at radius 2 is 1.43 bits per heavy atom. The molecule has 28 heavy (non-hydrogen) atoms. The molecule has 1 nitrogen and oxygen atoms in total. The van der Waals surface area contributed by atoms with Crippen LogP contribution in [0.5, 0.6) is 0 Å². The van der Waals surface area contributed by atoms with Gasteiger partial charge in [0.2, 0.25) is 0 Å². The second-order valence-electron chi connectivity index (χ2n) is 9.92. The number of rotatable bonds is 8. The largest absolute Gasteiger partial charge is 0.378 e. The van der Waals surface area contributed by atoms with Crippen LogP contribution in [0.4, 0.5) is 8.78 Å². The Morgan fingerprint density at radius 1 is 0.821 bits per heavy atom. The first-order chi connectivity index (χ1) is 13.7. The van der Waals surface area contributed by atoms with Crippen LogP contribution in [0.3, 0.4) is 0 Å². The molecule has 0 aromatic carbocycles. The summed E-state index contributed by atoms with van der Waals surface area (Å²) in [5.74, 6) is 3.08. The molecular weight excluding hydrogens is 354 g/mol. The number of hydrogen-bond donors (Lipinski definition) is 0. The van der Waals surface area contributed by atoms with Gasteiger partial charge >= 0.3 is 0 Å². The lowest BCUT2D eigenvalue weighted by molar-refractivity contribution is -0.0597. The van der Waals surface area contributed by atoms with E-state index < -0.39 is 6.67 Å². The molecule has 1 heterocycles. The average Bonchev–Trinajstić information content (AvgIpc) is 2.74. The Hall–Kier alpha value is -0.440. The van der Waals surface area contributed by atoms with E-state index in [9.17, 15) is 8.78 Å². The maximum Gasteiger partial charge on any atom is 0.110 e. The normalized spacial score (nSPS) is 37.8. The van der Waals surface area contributed by atoms with Crippen LogP contribution < -0.4 is 0 Å². The SMILES string of the molecule is CCCC1CCC(C2CCC(CCC3CCC(/C(F)=C/CF)CC3)CC2)OC1. The van der Waals surface area contributed by atoms with E-state index in [1.807, 2.05) is 0 Å². The summed E-state index contributed by atoms with van der Waals surface area (Å²) >= 11 is 0. The zero-order chi connectivity index (χ0) is 19.8. The van der Waals surface area contributed by atoms with Crippen LogP contribution in [0.2, 0.25) is 0 Å². The van der Waals surface area contributed by atoms with Gasteiger partial charge in [-0.2, -0.15) is 0 Å². The fourth-order valence-electron chi connectivity index (χ4n) is 6.12. The summed E-state index contributed by atoms with van der Waals surface area (Å²) in [6.45, 7) is 2.61. The summed E-state index contributed by atoms with van der Waals surface area (Å²) in [4.78, 5) is 0. The first-order valence-electron chi connectivity index (χ1n) is 12.2. The number of alkyl halides is 1. The van der Waals surface area contributed by atoms with Crippen molar-refractivity contribution in [2.24, 2.45) is 29.6 Å². The zero-order valence-electron chi connectivity index (χ0n) is 18.0. The highest BCUT2D eigenvalue weighted by molar-refractivity contribution is 4.99. The molecular formula is C25H42F2O. The van der Waals surface area contributed by atoms with E-state index in [0.29, 0.717) is 6.10 Å². The Morgan fingerprint density at radius 3 is 1.96 bits per heavy atom. The van der Waals surface area contributed by atoms with Crippen molar-refractivity contribution in [2.75, 3.05) is 13.3 Å². The van der Waals surface area contributed by atoms with Crippen molar-refractivity contribution in [1.29, 1.82) is 0 Å². The summed E-state index contributed by atoms with van der Waals surface area (Å²) in [6.07, 6.45) is 19.2. The molecule has 0 N–H and O–H groups in total. The Bertz CT molecular complexity index is 453. The summed E-state index contributed by atoms with van der Waals surface area (Å²) in [6, 6.07) is 0. The number of hydrogen-bond acceptors (Lipinski definition) is 1. The van der Waals surface area contributed by atoms with Crippen molar-refractivity contribution in [2.45, 2.75) is 103 Å². The molecule has 1 aliphatic heterocycles. The maximum absolute atomic E-state index is 13.8. The minimum Gasteiger partial charge on any atom is -0.378 e. The minimum absolute atomic E-state index is 0.00476. The van der Waals surface area contributed by atoms with Gasteiger partial charge < -0.3 is 4.74 Å². The van der Waals surface area contributed by atoms with Gasteiger partial charge in [-0.1, -0.05) is 39.0 Å². The molecule has 2 unspecified atom stereocenters. The van der Waals surface area contributed by atoms with Crippen LogP contribution in [-0.2, 0) is 4.74 Å². The molecule has 3 aliphatic rings. The molecule has 2 saturated carbocycles. The van der Waals surface area contributed by atoms with Crippen LogP contribution in [0.25, 0.3) is 0 Å². The fourth-order valence-corrected chi connectivity index (χ4v) is 6.12. The Balaban J connectivity index is 1.29. The van der Waals surface area contributed by atoms with Gasteiger partial charge in [-0.25, -0.2) is 8.78 Å². The van der Waals surface area contributed by atoms with E-state index in [1.54, 1.807) is 0 Å². The molecule has 0 radical (unpaired) electrons. The topological polar surface area (TPSA) is 9.23 Å². The second kappa shape index (κ2) is 11.7. The van der Waals surface area contributed by atoms with E-state index >= 15 is 0 Å². The lowest BCUT2D eigenvalue weighted by Crippen LogP contribution is -2.34. The van der Waals surface area contributed by atoms with E-state index in [2.05, 4.69) is 6.92 Å². The van der Waals surface area contributed by atoms with Crippen LogP contribution in [-0.4, -0.2) is 19.4 Å². The van der Waals surface area contributed by atoms with Crippen molar-refractivity contribution in [1.82, 2.24) is 0 Å². The standard InChI is InChI=1S/C25H42F2O/c1-2-3-21-10-15-25(28-18-21)23-13-8-20(9-14-23)5-4-19-6-11-22(12-7-19)24(27)16-17-26/h16,19-23,25H,2-15,17-18H2,1H3/b24-16-. The predicted molar refractivity (Wildman–Crippen MR) is 113 cm³/mol. The zero-order valence-corrected chi connectivity index (χ0v) is 18.0. The van der Waals surface area contributed by atoms with Gasteiger partial charge in [0.25, 0.3) is 0 Å². The van der Waals surface area contributed by atoms with Gasteiger partial charge in [-0.15, -0.1) is 0 Å². The van der Waals surface area contributed by atoms with Crippen molar-refractivity contribution in [3.8, 4) is 0 Å². The highest BCUT2D eigenvalue weighted by Crippen LogP contribution is 2.40. The van der Waals surface area contributed by atoms with Gasteiger partial charge in [-0.3, -0.25) is 0 Å². The lowest BCUT2D eigenvalue weighted by Gasteiger charge is -2.38. The van der Waals surface area contributed by atoms with Gasteiger partial charge in [0.15, 0.2) is 0 Å². The predicted octanol–water partition coefficient (Wildman–Crippen LogP) is 7.80. The molecule has 3 rings (SSSR count). The molecule has 3 fully saturated rings.